The Balaban J connectivity index is 5.26. The Morgan fingerprint density at radius 3 is 1.71 bits per heavy atom. The van der Waals surface area contributed by atoms with E-state index in [9.17, 15) is 28.8 Å². The Morgan fingerprint density at radius 2 is 1.29 bits per heavy atom. The number of carboxylic acid groups (broad SMARTS) is 3. The van der Waals surface area contributed by atoms with Crippen molar-refractivity contribution in [2.24, 2.45) is 11.7 Å². The number of amides is 3. The van der Waals surface area contributed by atoms with E-state index in [0.29, 0.717) is 0 Å². The van der Waals surface area contributed by atoms with Crippen molar-refractivity contribution in [1.29, 1.82) is 0 Å². The fourth-order valence-electron chi connectivity index (χ4n) is 2.22. The molecule has 13 nitrogen and oxygen atoms in total. The quantitative estimate of drug-likeness (QED) is 0.129. The van der Waals surface area contributed by atoms with E-state index in [0.717, 1.165) is 0 Å². The van der Waals surface area contributed by atoms with Crippen LogP contribution in [0.1, 0.15) is 33.1 Å². The Hall–Kier alpha value is -2.87. The van der Waals surface area contributed by atoms with E-state index < -0.39 is 79.1 Å². The number of hydrogen-bond acceptors (Lipinski definition) is 8. The summed E-state index contributed by atoms with van der Waals surface area (Å²) in [6, 6.07) is -5.46. The van der Waals surface area contributed by atoms with Crippen molar-refractivity contribution in [2.75, 3.05) is 5.75 Å². The van der Waals surface area contributed by atoms with Crippen LogP contribution in [0.3, 0.4) is 0 Å². The molecule has 0 saturated carbocycles. The van der Waals surface area contributed by atoms with Crippen LogP contribution in [0, 0.1) is 5.92 Å². The second-order valence-electron chi connectivity index (χ2n) is 7.00. The highest BCUT2D eigenvalue weighted by atomic mass is 32.1. The summed E-state index contributed by atoms with van der Waals surface area (Å²) in [5, 5.41) is 33.3. The predicted molar refractivity (Wildman–Crippen MR) is 109 cm³/mol. The standard InChI is InChI=1S/C17H28N4O9S/c1-7(2)13(18)16(28)20-9(5-12(24)25)14(26)21-10(6-31)15(27)19-8(17(29)30)3-4-11(22)23/h7-10,13,31H,3-6,18H2,1-2H3,(H,19,27)(H,20,28)(H,21,26)(H,22,23)(H,24,25)(H,29,30). The molecule has 0 rings (SSSR count). The molecule has 0 heterocycles. The Labute approximate surface area is 183 Å². The molecule has 0 fully saturated rings. The average molecular weight is 464 g/mol. The molecule has 4 unspecified atom stereocenters. The fraction of sp³-hybridized carbons (Fsp3) is 0.647. The van der Waals surface area contributed by atoms with Crippen LogP contribution in [-0.4, -0.2) is 80.9 Å². The highest BCUT2D eigenvalue weighted by Gasteiger charge is 2.31. The molecule has 0 saturated heterocycles. The van der Waals surface area contributed by atoms with E-state index >= 15 is 0 Å². The molecule has 0 aliphatic carbocycles. The number of hydrogen-bond donors (Lipinski definition) is 8. The number of nitrogens with one attached hydrogen (secondary N) is 3. The summed E-state index contributed by atoms with van der Waals surface area (Å²) in [5.74, 6) is -7.46. The Bertz CT molecular complexity index is 701. The molecule has 31 heavy (non-hydrogen) atoms. The number of aliphatic carboxylic acids is 3. The first kappa shape index (κ1) is 28.1. The lowest BCUT2D eigenvalue weighted by Crippen LogP contribution is -2.58. The average Bonchev–Trinajstić information content (AvgIpc) is 2.66. The number of carbonyl (C=O) groups is 6. The van der Waals surface area contributed by atoms with Gasteiger partial charge in [-0.05, 0) is 12.3 Å². The van der Waals surface area contributed by atoms with Crippen LogP contribution in [0.15, 0.2) is 0 Å². The maximum absolute atomic E-state index is 12.5. The van der Waals surface area contributed by atoms with E-state index in [1.54, 1.807) is 13.8 Å². The molecule has 4 atom stereocenters. The second-order valence-corrected chi connectivity index (χ2v) is 7.37. The summed E-state index contributed by atoms with van der Waals surface area (Å²) < 4.78 is 0. The highest BCUT2D eigenvalue weighted by Crippen LogP contribution is 2.03. The van der Waals surface area contributed by atoms with Crippen molar-refractivity contribution in [3.05, 3.63) is 0 Å². The maximum Gasteiger partial charge on any atom is 0.326 e. The molecule has 0 aliphatic rings. The molecule has 0 spiro atoms. The molecule has 0 radical (unpaired) electrons. The normalized spacial score (nSPS) is 14.6. The molecule has 8 N–H and O–H groups in total. The van der Waals surface area contributed by atoms with Crippen LogP contribution in [0.25, 0.3) is 0 Å². The van der Waals surface area contributed by atoms with Gasteiger partial charge in [0, 0.05) is 12.2 Å². The van der Waals surface area contributed by atoms with E-state index in [-0.39, 0.29) is 11.7 Å². The molecule has 0 aromatic rings. The smallest absolute Gasteiger partial charge is 0.326 e. The lowest BCUT2D eigenvalue weighted by Gasteiger charge is -2.24. The monoisotopic (exact) mass is 464 g/mol. The summed E-state index contributed by atoms with van der Waals surface area (Å²) in [6.07, 6.45) is -1.70. The SMILES string of the molecule is CC(C)C(N)C(=O)NC(CC(=O)O)C(=O)NC(CS)C(=O)NC(CCC(=O)O)C(=O)O. The molecule has 14 heteroatoms. The number of nitrogens with two attached hydrogens (primary N) is 1. The maximum atomic E-state index is 12.5. The Kier molecular flexibility index (Phi) is 12.2. The molecule has 0 aliphatic heterocycles. The minimum absolute atomic E-state index is 0.289. The van der Waals surface area contributed by atoms with Gasteiger partial charge >= 0.3 is 17.9 Å². The van der Waals surface area contributed by atoms with Crippen LogP contribution in [0.2, 0.25) is 0 Å². The minimum Gasteiger partial charge on any atom is -0.481 e. The lowest BCUT2D eigenvalue weighted by atomic mass is 10.0. The summed E-state index contributed by atoms with van der Waals surface area (Å²) in [6.45, 7) is 3.31. The third-order valence-corrected chi connectivity index (χ3v) is 4.47. The van der Waals surface area contributed by atoms with Crippen molar-refractivity contribution in [2.45, 2.75) is 57.3 Å². The van der Waals surface area contributed by atoms with E-state index in [2.05, 4.69) is 28.6 Å². The van der Waals surface area contributed by atoms with Crippen molar-refractivity contribution in [1.82, 2.24) is 16.0 Å². The topological polar surface area (TPSA) is 225 Å². The third-order valence-electron chi connectivity index (χ3n) is 4.11. The molecular weight excluding hydrogens is 436 g/mol. The van der Waals surface area contributed by atoms with Gasteiger partial charge in [-0.15, -0.1) is 0 Å². The number of rotatable bonds is 14. The van der Waals surface area contributed by atoms with Crippen molar-refractivity contribution >= 4 is 48.3 Å². The number of carbonyl (C=O) groups excluding carboxylic acids is 3. The van der Waals surface area contributed by atoms with Gasteiger partial charge in [0.1, 0.15) is 18.1 Å². The summed E-state index contributed by atoms with van der Waals surface area (Å²) in [5.41, 5.74) is 5.68. The second kappa shape index (κ2) is 13.4. The van der Waals surface area contributed by atoms with Crippen LogP contribution in [0.4, 0.5) is 0 Å². The molecule has 0 aromatic heterocycles. The number of carboxylic acids is 3. The van der Waals surface area contributed by atoms with Crippen LogP contribution >= 0.6 is 12.6 Å². The van der Waals surface area contributed by atoms with Gasteiger partial charge in [-0.25, -0.2) is 4.79 Å². The van der Waals surface area contributed by atoms with Crippen LogP contribution in [-0.2, 0) is 28.8 Å². The largest absolute Gasteiger partial charge is 0.481 e. The minimum atomic E-state index is -1.55. The molecule has 0 bridgehead atoms. The summed E-state index contributed by atoms with van der Waals surface area (Å²) in [4.78, 5) is 69.8. The van der Waals surface area contributed by atoms with Gasteiger partial charge in [0.05, 0.1) is 12.5 Å². The van der Waals surface area contributed by atoms with E-state index in [4.69, 9.17) is 21.1 Å². The van der Waals surface area contributed by atoms with Crippen LogP contribution < -0.4 is 21.7 Å². The first-order chi connectivity index (χ1) is 14.3. The van der Waals surface area contributed by atoms with E-state index in [1.165, 1.54) is 0 Å². The zero-order chi connectivity index (χ0) is 24.3. The molecule has 3 amide bonds. The van der Waals surface area contributed by atoms with Gasteiger partial charge < -0.3 is 37.0 Å². The van der Waals surface area contributed by atoms with Gasteiger partial charge in [0.25, 0.3) is 0 Å². The Morgan fingerprint density at radius 1 is 0.806 bits per heavy atom. The van der Waals surface area contributed by atoms with E-state index in [1.807, 2.05) is 0 Å². The zero-order valence-corrected chi connectivity index (χ0v) is 17.9. The van der Waals surface area contributed by atoms with Crippen molar-refractivity contribution in [3.8, 4) is 0 Å². The van der Waals surface area contributed by atoms with Gasteiger partial charge in [0.15, 0.2) is 0 Å². The fourth-order valence-corrected chi connectivity index (χ4v) is 2.48. The molecular formula is C17H28N4O9S. The first-order valence-electron chi connectivity index (χ1n) is 9.24. The highest BCUT2D eigenvalue weighted by molar-refractivity contribution is 7.80. The third kappa shape index (κ3) is 10.6. The predicted octanol–water partition coefficient (Wildman–Crippen LogP) is -2.22. The lowest BCUT2D eigenvalue weighted by molar-refractivity contribution is -0.144. The summed E-state index contributed by atoms with van der Waals surface area (Å²) in [7, 11) is 0. The van der Waals surface area contributed by atoms with Gasteiger partial charge in [0.2, 0.25) is 17.7 Å². The first-order valence-corrected chi connectivity index (χ1v) is 9.87. The molecule has 176 valence electrons. The van der Waals surface area contributed by atoms with Crippen LogP contribution in [0.5, 0.6) is 0 Å². The van der Waals surface area contributed by atoms with Crippen molar-refractivity contribution in [3.63, 3.8) is 0 Å². The zero-order valence-electron chi connectivity index (χ0n) is 17.0. The van der Waals surface area contributed by atoms with Gasteiger partial charge in [-0.2, -0.15) is 12.6 Å². The number of thiol groups is 1. The van der Waals surface area contributed by atoms with Gasteiger partial charge in [-0.1, -0.05) is 13.8 Å². The van der Waals surface area contributed by atoms with Gasteiger partial charge in [-0.3, -0.25) is 24.0 Å². The molecule has 0 aromatic carbocycles. The van der Waals surface area contributed by atoms with Crippen molar-refractivity contribution < 1.29 is 44.1 Å². The summed E-state index contributed by atoms with van der Waals surface area (Å²) >= 11 is 3.92.